The first kappa shape index (κ1) is 15.2. The second-order valence-corrected chi connectivity index (χ2v) is 5.70. The molecule has 0 aliphatic rings. The highest BCUT2D eigenvalue weighted by atomic mass is 35.5. The van der Waals surface area contributed by atoms with Gasteiger partial charge in [0.05, 0.1) is 5.88 Å². The summed E-state index contributed by atoms with van der Waals surface area (Å²) in [4.78, 5) is 6.20. The molecule has 0 N–H and O–H groups in total. The summed E-state index contributed by atoms with van der Waals surface area (Å²) in [6.07, 6.45) is 1.63. The largest absolute Gasteiger partial charge is 0.354 e. The van der Waals surface area contributed by atoms with E-state index in [1.807, 2.05) is 4.90 Å². The van der Waals surface area contributed by atoms with Crippen molar-refractivity contribution < 1.29 is 4.39 Å². The number of rotatable bonds is 6. The van der Waals surface area contributed by atoms with Crippen molar-refractivity contribution in [2.24, 2.45) is 11.8 Å². The molecule has 2 nitrogen and oxygen atoms in total. The zero-order valence-electron chi connectivity index (χ0n) is 11.6. The van der Waals surface area contributed by atoms with Crippen molar-refractivity contribution in [3.05, 3.63) is 23.6 Å². The van der Waals surface area contributed by atoms with Crippen molar-refractivity contribution in [2.45, 2.75) is 33.6 Å². The highest BCUT2D eigenvalue weighted by molar-refractivity contribution is 6.17. The minimum absolute atomic E-state index is 0.179. The topological polar surface area (TPSA) is 16.1 Å². The van der Waals surface area contributed by atoms with Gasteiger partial charge in [-0.15, -0.1) is 11.6 Å². The van der Waals surface area contributed by atoms with E-state index in [0.717, 1.165) is 13.1 Å². The molecule has 0 aromatic carbocycles. The fourth-order valence-electron chi connectivity index (χ4n) is 1.92. The van der Waals surface area contributed by atoms with Crippen LogP contribution >= 0.6 is 11.6 Å². The van der Waals surface area contributed by atoms with Gasteiger partial charge in [-0.25, -0.2) is 9.37 Å². The van der Waals surface area contributed by atoms with Gasteiger partial charge in [0, 0.05) is 24.8 Å². The van der Waals surface area contributed by atoms with Gasteiger partial charge in [-0.3, -0.25) is 0 Å². The normalized spacial score (nSPS) is 11.3. The van der Waals surface area contributed by atoms with Crippen LogP contribution in [0.4, 0.5) is 10.2 Å². The van der Waals surface area contributed by atoms with Crippen LogP contribution < -0.4 is 4.90 Å². The molecule has 0 atom stereocenters. The smallest absolute Gasteiger partial charge is 0.170 e. The monoisotopic (exact) mass is 272 g/mol. The first-order valence-electron chi connectivity index (χ1n) is 6.40. The first-order valence-corrected chi connectivity index (χ1v) is 6.93. The Kier molecular flexibility index (Phi) is 5.86. The van der Waals surface area contributed by atoms with E-state index in [1.54, 1.807) is 12.3 Å². The van der Waals surface area contributed by atoms with Gasteiger partial charge in [-0.1, -0.05) is 27.7 Å². The third kappa shape index (κ3) is 4.13. The molecule has 0 spiro atoms. The van der Waals surface area contributed by atoms with Crippen LogP contribution in [0.15, 0.2) is 12.3 Å². The van der Waals surface area contributed by atoms with Gasteiger partial charge in [0.25, 0.3) is 0 Å². The number of halogens is 2. The molecule has 0 saturated heterocycles. The Labute approximate surface area is 114 Å². The Hall–Kier alpha value is -0.830. The molecule has 0 aliphatic carbocycles. The van der Waals surface area contributed by atoms with Crippen LogP contribution in [0.5, 0.6) is 0 Å². The minimum Gasteiger partial charge on any atom is -0.354 e. The summed E-state index contributed by atoms with van der Waals surface area (Å²) in [7, 11) is 0. The predicted octanol–water partition coefficient (Wildman–Crippen LogP) is 4.08. The highest BCUT2D eigenvalue weighted by Gasteiger charge is 2.17. The predicted molar refractivity (Wildman–Crippen MR) is 75.6 cm³/mol. The molecule has 102 valence electrons. The molecule has 0 bridgehead atoms. The molecule has 0 saturated carbocycles. The van der Waals surface area contributed by atoms with Crippen LogP contribution in [-0.4, -0.2) is 18.1 Å². The van der Waals surface area contributed by atoms with Crippen molar-refractivity contribution >= 4 is 17.4 Å². The van der Waals surface area contributed by atoms with E-state index < -0.39 is 0 Å². The van der Waals surface area contributed by atoms with E-state index in [4.69, 9.17) is 11.6 Å². The lowest BCUT2D eigenvalue weighted by Gasteiger charge is -2.28. The Balaban J connectivity index is 3.03. The van der Waals surface area contributed by atoms with Gasteiger partial charge in [0.15, 0.2) is 11.6 Å². The number of aromatic nitrogens is 1. The molecule has 18 heavy (non-hydrogen) atoms. The summed E-state index contributed by atoms with van der Waals surface area (Å²) in [5, 5.41) is 0. The van der Waals surface area contributed by atoms with Crippen LogP contribution in [-0.2, 0) is 5.88 Å². The van der Waals surface area contributed by atoms with Crippen LogP contribution in [0.2, 0.25) is 0 Å². The lowest BCUT2D eigenvalue weighted by molar-refractivity contribution is 0.529. The number of pyridine rings is 1. The maximum atomic E-state index is 14.2. The zero-order chi connectivity index (χ0) is 13.7. The van der Waals surface area contributed by atoms with E-state index in [2.05, 4.69) is 32.7 Å². The fraction of sp³-hybridized carbons (Fsp3) is 0.643. The van der Waals surface area contributed by atoms with Crippen LogP contribution in [0, 0.1) is 17.7 Å². The van der Waals surface area contributed by atoms with Gasteiger partial charge >= 0.3 is 0 Å². The van der Waals surface area contributed by atoms with Crippen molar-refractivity contribution in [1.29, 1.82) is 0 Å². The molecule has 1 heterocycles. The van der Waals surface area contributed by atoms with Gasteiger partial charge < -0.3 is 4.90 Å². The van der Waals surface area contributed by atoms with Crippen LogP contribution in [0.1, 0.15) is 33.3 Å². The van der Waals surface area contributed by atoms with Crippen molar-refractivity contribution in [2.75, 3.05) is 18.0 Å². The third-order valence-electron chi connectivity index (χ3n) is 2.57. The number of hydrogen-bond acceptors (Lipinski definition) is 2. The minimum atomic E-state index is -0.284. The Morgan fingerprint density at radius 3 is 2.22 bits per heavy atom. The number of nitrogens with zero attached hydrogens (tertiary/aromatic N) is 2. The molecule has 0 aliphatic heterocycles. The summed E-state index contributed by atoms with van der Waals surface area (Å²) in [5.41, 5.74) is 0.513. The second kappa shape index (κ2) is 6.93. The Morgan fingerprint density at radius 2 is 1.78 bits per heavy atom. The van der Waals surface area contributed by atoms with Crippen molar-refractivity contribution in [3.63, 3.8) is 0 Å². The van der Waals surface area contributed by atoms with Crippen LogP contribution in [0.3, 0.4) is 0 Å². The molecule has 0 radical (unpaired) electrons. The number of alkyl halides is 1. The lowest BCUT2D eigenvalue weighted by Crippen LogP contribution is -2.33. The molecular formula is C14H22ClFN2. The zero-order valence-corrected chi connectivity index (χ0v) is 12.3. The van der Waals surface area contributed by atoms with E-state index in [0.29, 0.717) is 23.2 Å². The first-order chi connectivity index (χ1) is 8.45. The molecule has 1 aromatic rings. The van der Waals surface area contributed by atoms with E-state index in [-0.39, 0.29) is 11.7 Å². The Bertz CT molecular complexity index is 370. The van der Waals surface area contributed by atoms with Gasteiger partial charge in [0.2, 0.25) is 0 Å². The maximum Gasteiger partial charge on any atom is 0.170 e. The lowest BCUT2D eigenvalue weighted by atomic mass is 10.1. The third-order valence-corrected chi connectivity index (χ3v) is 2.85. The van der Waals surface area contributed by atoms with Gasteiger partial charge in [-0.05, 0) is 17.9 Å². The Morgan fingerprint density at radius 1 is 1.22 bits per heavy atom. The highest BCUT2D eigenvalue weighted by Crippen LogP contribution is 2.22. The number of anilines is 1. The maximum absolute atomic E-state index is 14.2. The average Bonchev–Trinajstić information content (AvgIpc) is 2.27. The van der Waals surface area contributed by atoms with Gasteiger partial charge in [0.1, 0.15) is 0 Å². The molecular weight excluding hydrogens is 251 g/mol. The van der Waals surface area contributed by atoms with Crippen LogP contribution in [0.25, 0.3) is 0 Å². The average molecular weight is 273 g/mol. The number of hydrogen-bond donors (Lipinski definition) is 0. The molecule has 4 heteroatoms. The summed E-state index contributed by atoms with van der Waals surface area (Å²) >= 11 is 5.73. The molecule has 1 aromatic heterocycles. The molecule has 0 fully saturated rings. The summed E-state index contributed by atoms with van der Waals surface area (Å²) in [6.45, 7) is 10.1. The second-order valence-electron chi connectivity index (χ2n) is 5.43. The molecule has 1 rings (SSSR count). The van der Waals surface area contributed by atoms with E-state index in [9.17, 15) is 4.39 Å². The van der Waals surface area contributed by atoms with Gasteiger partial charge in [-0.2, -0.15) is 0 Å². The van der Waals surface area contributed by atoms with E-state index >= 15 is 0 Å². The van der Waals surface area contributed by atoms with Crippen molar-refractivity contribution in [1.82, 2.24) is 4.98 Å². The summed E-state index contributed by atoms with van der Waals surface area (Å²) in [6, 6.07) is 1.63. The summed E-state index contributed by atoms with van der Waals surface area (Å²) in [5.74, 6) is 1.25. The van der Waals surface area contributed by atoms with Crippen molar-refractivity contribution in [3.8, 4) is 0 Å². The fourth-order valence-corrected chi connectivity index (χ4v) is 2.13. The molecule has 0 amide bonds. The van der Waals surface area contributed by atoms with E-state index in [1.165, 1.54) is 0 Å². The standard InChI is InChI=1S/C14H22ClFN2/c1-10(2)8-18(9-11(3)4)14-13(16)12(7-15)5-6-17-14/h5-6,10-11H,7-9H2,1-4H3. The summed E-state index contributed by atoms with van der Waals surface area (Å²) < 4.78 is 14.2. The SMILES string of the molecule is CC(C)CN(CC(C)C)c1nccc(CCl)c1F. The quantitative estimate of drug-likeness (QED) is 0.726. The molecule has 0 unspecified atom stereocenters.